The van der Waals surface area contributed by atoms with E-state index in [9.17, 15) is 9.59 Å². The summed E-state index contributed by atoms with van der Waals surface area (Å²) in [5.41, 5.74) is 0.324. The first-order valence-corrected chi connectivity index (χ1v) is 9.81. The van der Waals surface area contributed by atoms with Gasteiger partial charge in [0.25, 0.3) is 5.91 Å². The van der Waals surface area contributed by atoms with E-state index in [-0.39, 0.29) is 25.0 Å². The van der Waals surface area contributed by atoms with Gasteiger partial charge in [0, 0.05) is 6.54 Å². The van der Waals surface area contributed by atoms with Crippen molar-refractivity contribution >= 4 is 11.8 Å². The maximum Gasteiger partial charge on any atom is 0.258 e. The van der Waals surface area contributed by atoms with Gasteiger partial charge < -0.3 is 15.4 Å². The van der Waals surface area contributed by atoms with Crippen LogP contribution in [0.15, 0.2) is 30.3 Å². The molecule has 5 heteroatoms. The van der Waals surface area contributed by atoms with Crippen LogP contribution in [0.4, 0.5) is 0 Å². The quantitative estimate of drug-likeness (QED) is 0.789. The molecule has 0 aromatic heterocycles. The van der Waals surface area contributed by atoms with E-state index >= 15 is 0 Å². The smallest absolute Gasteiger partial charge is 0.258 e. The third kappa shape index (κ3) is 4.02. The second-order valence-corrected chi connectivity index (χ2v) is 8.57. The lowest BCUT2D eigenvalue weighted by molar-refractivity contribution is -0.128. The highest BCUT2D eigenvalue weighted by Crippen LogP contribution is 2.59. The highest BCUT2D eigenvalue weighted by Gasteiger charge is 2.50. The third-order valence-electron chi connectivity index (χ3n) is 6.38. The Morgan fingerprint density at radius 1 is 0.923 bits per heavy atom. The Morgan fingerprint density at radius 3 is 2.15 bits per heavy atom. The van der Waals surface area contributed by atoms with Crippen LogP contribution in [0.25, 0.3) is 0 Å². The predicted octanol–water partition coefficient (Wildman–Crippen LogP) is 2.51. The Hall–Kier alpha value is -2.04. The van der Waals surface area contributed by atoms with Crippen LogP contribution in [0, 0.1) is 23.2 Å². The number of carbonyl (C=O) groups is 2. The normalized spacial score (nSPS) is 31.5. The molecule has 26 heavy (non-hydrogen) atoms. The van der Waals surface area contributed by atoms with Crippen molar-refractivity contribution in [2.24, 2.45) is 23.2 Å². The van der Waals surface area contributed by atoms with Gasteiger partial charge in [-0.25, -0.2) is 0 Å². The highest BCUT2D eigenvalue weighted by molar-refractivity contribution is 5.85. The van der Waals surface area contributed by atoms with E-state index in [2.05, 4.69) is 10.6 Å². The molecule has 4 bridgehead atoms. The second kappa shape index (κ2) is 7.29. The molecule has 1 aromatic carbocycles. The van der Waals surface area contributed by atoms with Gasteiger partial charge in [0.1, 0.15) is 5.75 Å². The number of nitrogens with one attached hydrogen (secondary N) is 2. The Bertz CT molecular complexity index is 623. The van der Waals surface area contributed by atoms with Crippen LogP contribution in [-0.2, 0) is 9.59 Å². The average Bonchev–Trinajstić information content (AvgIpc) is 2.63. The Kier molecular flexibility index (Phi) is 4.88. The van der Waals surface area contributed by atoms with Gasteiger partial charge in [0.05, 0.1) is 6.54 Å². The summed E-state index contributed by atoms with van der Waals surface area (Å²) in [5, 5.41) is 5.71. The van der Waals surface area contributed by atoms with E-state index in [0.29, 0.717) is 11.2 Å². The molecule has 0 heterocycles. The van der Waals surface area contributed by atoms with Gasteiger partial charge in [-0.2, -0.15) is 0 Å². The van der Waals surface area contributed by atoms with Gasteiger partial charge in [0.15, 0.2) is 6.61 Å². The van der Waals surface area contributed by atoms with Gasteiger partial charge >= 0.3 is 0 Å². The summed E-state index contributed by atoms with van der Waals surface area (Å²) >= 11 is 0. The Balaban J connectivity index is 1.17. The average molecular weight is 356 g/mol. The molecule has 0 spiro atoms. The summed E-state index contributed by atoms with van der Waals surface area (Å²) in [5.74, 6) is 2.91. The molecule has 0 aliphatic heterocycles. The van der Waals surface area contributed by atoms with Crippen LogP contribution in [0.1, 0.15) is 38.5 Å². The van der Waals surface area contributed by atoms with Crippen LogP contribution in [-0.4, -0.2) is 31.5 Å². The largest absolute Gasteiger partial charge is 0.484 e. The zero-order valence-corrected chi connectivity index (χ0v) is 15.2. The van der Waals surface area contributed by atoms with Crippen molar-refractivity contribution in [3.05, 3.63) is 30.3 Å². The minimum atomic E-state index is -0.279. The second-order valence-electron chi connectivity index (χ2n) is 8.57. The first kappa shape index (κ1) is 17.4. The molecule has 140 valence electrons. The van der Waals surface area contributed by atoms with Crippen LogP contribution in [0.5, 0.6) is 5.75 Å². The van der Waals surface area contributed by atoms with Crippen LogP contribution in [0.2, 0.25) is 0 Å². The number of benzene rings is 1. The number of carbonyl (C=O) groups excluding carboxylic acids is 2. The van der Waals surface area contributed by atoms with Gasteiger partial charge in [-0.05, 0) is 73.8 Å². The number of hydrogen-bond acceptors (Lipinski definition) is 3. The first-order valence-electron chi connectivity index (χ1n) is 9.81. The van der Waals surface area contributed by atoms with Crippen molar-refractivity contribution in [3.8, 4) is 5.75 Å². The molecule has 5 nitrogen and oxygen atoms in total. The maximum absolute atomic E-state index is 12.1. The molecule has 0 atom stereocenters. The number of rotatable bonds is 7. The lowest BCUT2D eigenvalue weighted by Gasteiger charge is -2.56. The van der Waals surface area contributed by atoms with Crippen LogP contribution in [0.3, 0.4) is 0 Å². The monoisotopic (exact) mass is 356 g/mol. The van der Waals surface area contributed by atoms with Crippen molar-refractivity contribution in [1.82, 2.24) is 10.6 Å². The fourth-order valence-corrected chi connectivity index (χ4v) is 5.75. The van der Waals surface area contributed by atoms with Crippen LogP contribution < -0.4 is 15.4 Å². The minimum absolute atomic E-state index is 0.0172. The Labute approximate surface area is 154 Å². The molecule has 1 aromatic rings. The SMILES string of the molecule is O=C(CNC(=O)COc1ccccc1)NCC12CC3CC(CC(C3)C1)C2. The summed E-state index contributed by atoms with van der Waals surface area (Å²) < 4.78 is 5.38. The van der Waals surface area contributed by atoms with Crippen molar-refractivity contribution in [2.45, 2.75) is 38.5 Å². The summed E-state index contributed by atoms with van der Waals surface area (Å²) in [6.45, 7) is 0.710. The fourth-order valence-electron chi connectivity index (χ4n) is 5.75. The zero-order valence-electron chi connectivity index (χ0n) is 15.2. The lowest BCUT2D eigenvalue weighted by atomic mass is 9.49. The molecule has 5 rings (SSSR count). The molecule has 0 saturated heterocycles. The van der Waals surface area contributed by atoms with E-state index < -0.39 is 0 Å². The molecule has 4 aliphatic carbocycles. The van der Waals surface area contributed by atoms with Crippen molar-refractivity contribution in [2.75, 3.05) is 19.7 Å². The number of hydrogen-bond donors (Lipinski definition) is 2. The van der Waals surface area contributed by atoms with Crippen molar-refractivity contribution in [1.29, 1.82) is 0 Å². The van der Waals surface area contributed by atoms with Gasteiger partial charge in [-0.3, -0.25) is 9.59 Å². The first-order chi connectivity index (χ1) is 12.6. The molecule has 4 aliphatic rings. The molecule has 4 fully saturated rings. The van der Waals surface area contributed by atoms with E-state index in [0.717, 1.165) is 24.3 Å². The molecule has 2 N–H and O–H groups in total. The molecule has 4 saturated carbocycles. The minimum Gasteiger partial charge on any atom is -0.484 e. The standard InChI is InChI=1S/C21H28N2O3/c24-19(12-22-20(25)13-26-18-4-2-1-3-5-18)23-14-21-9-15-6-16(10-21)8-17(7-15)11-21/h1-5,15-17H,6-14H2,(H,22,25)(H,23,24). The summed E-state index contributed by atoms with van der Waals surface area (Å²) in [4.78, 5) is 24.0. The fraction of sp³-hybridized carbons (Fsp3) is 0.619. The predicted molar refractivity (Wildman–Crippen MR) is 98.6 cm³/mol. The third-order valence-corrected chi connectivity index (χ3v) is 6.38. The molecular weight excluding hydrogens is 328 g/mol. The van der Waals surface area contributed by atoms with Crippen molar-refractivity contribution in [3.63, 3.8) is 0 Å². The summed E-state index contributed by atoms with van der Waals surface area (Å²) in [6.07, 6.45) is 8.05. The van der Waals surface area contributed by atoms with Crippen LogP contribution >= 0.6 is 0 Å². The van der Waals surface area contributed by atoms with Gasteiger partial charge in [-0.1, -0.05) is 18.2 Å². The van der Waals surface area contributed by atoms with E-state index in [1.54, 1.807) is 12.1 Å². The zero-order chi connectivity index (χ0) is 18.0. The highest BCUT2D eigenvalue weighted by atomic mass is 16.5. The van der Waals surface area contributed by atoms with Crippen molar-refractivity contribution < 1.29 is 14.3 Å². The molecular formula is C21H28N2O3. The summed E-state index contributed by atoms with van der Waals surface area (Å²) in [6, 6.07) is 9.19. The molecule has 2 amide bonds. The molecule has 0 unspecified atom stereocenters. The maximum atomic E-state index is 12.1. The van der Waals surface area contributed by atoms with Gasteiger partial charge in [-0.15, -0.1) is 0 Å². The van der Waals surface area contributed by atoms with E-state index in [1.807, 2.05) is 18.2 Å². The summed E-state index contributed by atoms with van der Waals surface area (Å²) in [7, 11) is 0. The Morgan fingerprint density at radius 2 is 1.54 bits per heavy atom. The van der Waals surface area contributed by atoms with Gasteiger partial charge in [0.2, 0.25) is 5.91 Å². The topological polar surface area (TPSA) is 67.4 Å². The van der Waals surface area contributed by atoms with E-state index in [1.165, 1.54) is 38.5 Å². The lowest BCUT2D eigenvalue weighted by Crippen LogP contribution is -2.52. The number of amides is 2. The number of ether oxygens (including phenoxy) is 1. The molecule has 0 radical (unpaired) electrons. The number of para-hydroxylation sites is 1. The van der Waals surface area contributed by atoms with E-state index in [4.69, 9.17) is 4.74 Å².